The van der Waals surface area contributed by atoms with Crippen molar-refractivity contribution in [1.29, 1.82) is 0 Å². The Bertz CT molecular complexity index is 646. The zero-order valence-corrected chi connectivity index (χ0v) is 11.2. The third-order valence-corrected chi connectivity index (χ3v) is 2.86. The zero-order valence-electron chi connectivity index (χ0n) is 11.2. The number of anilines is 1. The van der Waals surface area contributed by atoms with Gasteiger partial charge in [-0.1, -0.05) is 6.92 Å². The summed E-state index contributed by atoms with van der Waals surface area (Å²) in [5.74, 6) is -1.68. The first-order valence-corrected chi connectivity index (χ1v) is 6.08. The number of carboxylic acids is 1. The molecule has 0 bridgehead atoms. The molecule has 2 rings (SSSR count). The molecule has 1 heterocycles. The highest BCUT2D eigenvalue weighted by Gasteiger charge is 2.14. The van der Waals surface area contributed by atoms with E-state index >= 15 is 0 Å². The molecule has 6 nitrogen and oxygen atoms in total. The van der Waals surface area contributed by atoms with E-state index in [2.05, 4.69) is 5.32 Å². The summed E-state index contributed by atoms with van der Waals surface area (Å²) in [4.78, 5) is 22.7. The number of rotatable bonds is 5. The third kappa shape index (κ3) is 2.97. The molecule has 6 heteroatoms. The van der Waals surface area contributed by atoms with Gasteiger partial charge in [-0.05, 0) is 24.3 Å². The first kappa shape index (κ1) is 14.1. The van der Waals surface area contributed by atoms with Crippen LogP contribution in [0.25, 0.3) is 11.0 Å². The van der Waals surface area contributed by atoms with Crippen molar-refractivity contribution < 1.29 is 23.8 Å². The van der Waals surface area contributed by atoms with Gasteiger partial charge in [0.15, 0.2) is 0 Å². The fourth-order valence-corrected chi connectivity index (χ4v) is 1.82. The Kier molecular flexibility index (Phi) is 4.05. The van der Waals surface area contributed by atoms with Gasteiger partial charge >= 0.3 is 5.97 Å². The van der Waals surface area contributed by atoms with Crippen LogP contribution >= 0.6 is 0 Å². The van der Waals surface area contributed by atoms with E-state index in [4.69, 9.17) is 14.3 Å². The number of hydrogen-bond donors (Lipinski definition) is 2. The van der Waals surface area contributed by atoms with Crippen LogP contribution in [0.5, 0.6) is 0 Å². The van der Waals surface area contributed by atoms with Crippen molar-refractivity contribution in [2.45, 2.75) is 6.92 Å². The van der Waals surface area contributed by atoms with Gasteiger partial charge in [-0.3, -0.25) is 4.79 Å². The molecule has 0 aliphatic rings. The van der Waals surface area contributed by atoms with Gasteiger partial charge in [-0.25, -0.2) is 4.79 Å². The normalized spacial score (nSPS) is 12.3. The lowest BCUT2D eigenvalue weighted by Gasteiger charge is -2.10. The standard InChI is InChI=1S/C14H15NO5/c1-8(7-19-2)13(16)15-10-3-4-11-9(5-10)6-12(20-11)14(17)18/h3-6,8H,7H2,1-2H3,(H,15,16)(H,17,18). The molecular weight excluding hydrogens is 262 g/mol. The van der Waals surface area contributed by atoms with Gasteiger partial charge < -0.3 is 19.6 Å². The minimum atomic E-state index is -1.12. The second-order valence-corrected chi connectivity index (χ2v) is 4.51. The Morgan fingerprint density at radius 3 is 2.80 bits per heavy atom. The summed E-state index contributed by atoms with van der Waals surface area (Å²) in [7, 11) is 1.54. The molecule has 106 valence electrons. The summed E-state index contributed by atoms with van der Waals surface area (Å²) in [6.07, 6.45) is 0. The molecule has 1 atom stereocenters. The smallest absolute Gasteiger partial charge is 0.371 e. The van der Waals surface area contributed by atoms with Crippen LogP contribution in [0.4, 0.5) is 5.69 Å². The molecule has 2 N–H and O–H groups in total. The van der Waals surface area contributed by atoms with E-state index in [1.54, 1.807) is 25.1 Å². The SMILES string of the molecule is COCC(C)C(=O)Nc1ccc2oc(C(=O)O)cc2c1. The predicted molar refractivity (Wildman–Crippen MR) is 72.8 cm³/mol. The number of carbonyl (C=O) groups excluding carboxylic acids is 1. The van der Waals surface area contributed by atoms with Gasteiger partial charge in [0.25, 0.3) is 0 Å². The molecule has 0 spiro atoms. The van der Waals surface area contributed by atoms with E-state index in [-0.39, 0.29) is 17.6 Å². The molecule has 0 radical (unpaired) electrons. The van der Waals surface area contributed by atoms with Crippen LogP contribution in [0.2, 0.25) is 0 Å². The van der Waals surface area contributed by atoms with E-state index in [1.165, 1.54) is 13.2 Å². The molecule has 0 saturated heterocycles. The van der Waals surface area contributed by atoms with Crippen LogP contribution in [-0.4, -0.2) is 30.7 Å². The lowest BCUT2D eigenvalue weighted by atomic mass is 10.1. The number of ether oxygens (including phenoxy) is 1. The van der Waals surface area contributed by atoms with E-state index < -0.39 is 5.97 Å². The van der Waals surface area contributed by atoms with E-state index in [0.29, 0.717) is 23.3 Å². The Morgan fingerprint density at radius 1 is 1.40 bits per heavy atom. The molecule has 1 aromatic carbocycles. The number of furan rings is 1. The molecule has 0 aliphatic carbocycles. The maximum Gasteiger partial charge on any atom is 0.371 e. The Hall–Kier alpha value is -2.34. The van der Waals surface area contributed by atoms with E-state index in [1.807, 2.05) is 0 Å². The largest absolute Gasteiger partial charge is 0.475 e. The number of carbonyl (C=O) groups is 2. The monoisotopic (exact) mass is 277 g/mol. The van der Waals surface area contributed by atoms with Crippen molar-refractivity contribution >= 4 is 28.5 Å². The summed E-state index contributed by atoms with van der Waals surface area (Å²) in [5.41, 5.74) is 1.05. The molecule has 20 heavy (non-hydrogen) atoms. The molecule has 0 fully saturated rings. The summed E-state index contributed by atoms with van der Waals surface area (Å²) >= 11 is 0. The first-order valence-electron chi connectivity index (χ1n) is 6.08. The van der Waals surface area contributed by atoms with Crippen LogP contribution in [0.1, 0.15) is 17.5 Å². The predicted octanol–water partition coefficient (Wildman–Crippen LogP) is 2.35. The molecule has 0 saturated carbocycles. The van der Waals surface area contributed by atoms with Gasteiger partial charge in [-0.15, -0.1) is 0 Å². The van der Waals surface area contributed by atoms with Gasteiger partial charge in [-0.2, -0.15) is 0 Å². The zero-order chi connectivity index (χ0) is 14.7. The maximum atomic E-state index is 11.8. The summed E-state index contributed by atoms with van der Waals surface area (Å²) in [6, 6.07) is 6.38. The molecule has 1 amide bonds. The van der Waals surface area contributed by atoms with Crippen molar-refractivity contribution in [2.75, 3.05) is 19.0 Å². The second-order valence-electron chi connectivity index (χ2n) is 4.51. The van der Waals surface area contributed by atoms with Crippen LogP contribution in [0.3, 0.4) is 0 Å². The lowest BCUT2D eigenvalue weighted by Crippen LogP contribution is -2.23. The molecule has 1 aromatic heterocycles. The van der Waals surface area contributed by atoms with Gasteiger partial charge in [0.2, 0.25) is 11.7 Å². The van der Waals surface area contributed by atoms with Crippen molar-refractivity contribution in [3.05, 3.63) is 30.0 Å². The van der Waals surface area contributed by atoms with Crippen LogP contribution in [0, 0.1) is 5.92 Å². The number of nitrogens with one attached hydrogen (secondary N) is 1. The lowest BCUT2D eigenvalue weighted by molar-refractivity contribution is -0.120. The molecular formula is C14H15NO5. The minimum Gasteiger partial charge on any atom is -0.475 e. The van der Waals surface area contributed by atoms with Gasteiger partial charge in [0.1, 0.15) is 5.58 Å². The second kappa shape index (κ2) is 5.75. The fraction of sp³-hybridized carbons (Fsp3) is 0.286. The van der Waals surface area contributed by atoms with Gasteiger partial charge in [0, 0.05) is 18.2 Å². The van der Waals surface area contributed by atoms with E-state index in [9.17, 15) is 9.59 Å². The highest BCUT2D eigenvalue weighted by atomic mass is 16.5. The van der Waals surface area contributed by atoms with Crippen LogP contribution < -0.4 is 5.32 Å². The minimum absolute atomic E-state index is 0.128. The van der Waals surface area contributed by atoms with E-state index in [0.717, 1.165) is 0 Å². The first-order chi connectivity index (χ1) is 9.51. The number of methoxy groups -OCH3 is 1. The van der Waals surface area contributed by atoms with Crippen molar-refractivity contribution in [3.63, 3.8) is 0 Å². The molecule has 2 aromatic rings. The van der Waals surface area contributed by atoms with Crippen LogP contribution in [0.15, 0.2) is 28.7 Å². The molecule has 1 unspecified atom stereocenters. The number of carboxylic acid groups (broad SMARTS) is 1. The number of fused-ring (bicyclic) bond motifs is 1. The summed E-state index contributed by atoms with van der Waals surface area (Å²) in [5, 5.41) is 12.2. The summed E-state index contributed by atoms with van der Waals surface area (Å²) in [6.45, 7) is 2.10. The van der Waals surface area contributed by atoms with Gasteiger partial charge in [0.05, 0.1) is 12.5 Å². The van der Waals surface area contributed by atoms with Crippen LogP contribution in [-0.2, 0) is 9.53 Å². The number of benzene rings is 1. The fourth-order valence-electron chi connectivity index (χ4n) is 1.82. The highest BCUT2D eigenvalue weighted by Crippen LogP contribution is 2.23. The Labute approximate surface area is 115 Å². The van der Waals surface area contributed by atoms with Crippen molar-refractivity contribution in [3.8, 4) is 0 Å². The number of hydrogen-bond acceptors (Lipinski definition) is 4. The third-order valence-electron chi connectivity index (χ3n) is 2.86. The Morgan fingerprint density at radius 2 is 2.15 bits per heavy atom. The highest BCUT2D eigenvalue weighted by molar-refractivity contribution is 5.96. The van der Waals surface area contributed by atoms with Crippen molar-refractivity contribution in [1.82, 2.24) is 0 Å². The summed E-state index contributed by atoms with van der Waals surface area (Å²) < 4.78 is 10.1. The molecule has 0 aliphatic heterocycles. The number of amides is 1. The maximum absolute atomic E-state index is 11.8. The number of aromatic carboxylic acids is 1. The average Bonchev–Trinajstić information content (AvgIpc) is 2.82. The topological polar surface area (TPSA) is 88.8 Å². The average molecular weight is 277 g/mol. The van der Waals surface area contributed by atoms with Crippen molar-refractivity contribution in [2.24, 2.45) is 5.92 Å². The Balaban J connectivity index is 2.19. The quantitative estimate of drug-likeness (QED) is 0.875.